The second kappa shape index (κ2) is 5.30. The highest BCUT2D eigenvalue weighted by atomic mass is 35.5. The minimum atomic E-state index is -0.787. The van der Waals surface area contributed by atoms with E-state index in [1.54, 1.807) is 6.07 Å². The van der Waals surface area contributed by atoms with Gasteiger partial charge >= 0.3 is 0 Å². The fourth-order valence-corrected chi connectivity index (χ4v) is 1.37. The molecule has 0 aliphatic carbocycles. The Balaban J connectivity index is 2.63. The fourth-order valence-electron chi connectivity index (χ4n) is 1.26. The zero-order valence-electron chi connectivity index (χ0n) is 8.06. The molecule has 0 N–H and O–H groups in total. The molecule has 0 aliphatic heterocycles. The monoisotopic (exact) mass is 218 g/mol. The molecular formula is C11H13ClF2. The first-order chi connectivity index (χ1) is 6.65. The summed E-state index contributed by atoms with van der Waals surface area (Å²) in [5, 5.41) is 0.0395. The van der Waals surface area contributed by atoms with Crippen molar-refractivity contribution in [3.05, 3.63) is 35.4 Å². The van der Waals surface area contributed by atoms with E-state index in [9.17, 15) is 8.78 Å². The van der Waals surface area contributed by atoms with Crippen LogP contribution in [-0.2, 0) is 6.42 Å². The lowest BCUT2D eigenvalue weighted by Crippen LogP contribution is -2.01. The number of halogens is 3. The zero-order valence-corrected chi connectivity index (χ0v) is 8.82. The fraction of sp³-hybridized carbons (Fsp3) is 0.455. The number of rotatable bonds is 4. The first-order valence-electron chi connectivity index (χ1n) is 4.72. The molecule has 1 aromatic rings. The molecule has 0 saturated carbocycles. The molecule has 0 aromatic heterocycles. The zero-order chi connectivity index (χ0) is 10.6. The predicted octanol–water partition coefficient (Wildman–Crippen LogP) is 3.91. The molecular weight excluding hydrogens is 206 g/mol. The van der Waals surface area contributed by atoms with Crippen LogP contribution in [0.25, 0.3) is 0 Å². The Kier molecular flexibility index (Phi) is 4.33. The quantitative estimate of drug-likeness (QED) is 0.672. The molecule has 1 unspecified atom stereocenters. The van der Waals surface area contributed by atoms with E-state index in [0.29, 0.717) is 18.4 Å². The highest BCUT2D eigenvalue weighted by Gasteiger charge is 2.09. The number of aryl methyl sites for hydroxylation is 1. The van der Waals surface area contributed by atoms with Crippen molar-refractivity contribution in [2.75, 3.05) is 0 Å². The van der Waals surface area contributed by atoms with Crippen LogP contribution in [0.5, 0.6) is 0 Å². The van der Waals surface area contributed by atoms with E-state index in [1.807, 2.05) is 6.92 Å². The smallest absolute Gasteiger partial charge is 0.162 e. The molecule has 78 valence electrons. The largest absolute Gasteiger partial charge is 0.204 e. The normalized spacial score (nSPS) is 12.9. The summed E-state index contributed by atoms with van der Waals surface area (Å²) < 4.78 is 25.9. The van der Waals surface area contributed by atoms with E-state index in [-0.39, 0.29) is 5.38 Å². The molecule has 14 heavy (non-hydrogen) atoms. The Morgan fingerprint density at radius 3 is 2.71 bits per heavy atom. The van der Waals surface area contributed by atoms with E-state index >= 15 is 0 Å². The topological polar surface area (TPSA) is 0 Å². The Morgan fingerprint density at radius 1 is 1.36 bits per heavy atom. The van der Waals surface area contributed by atoms with Crippen molar-refractivity contribution in [1.29, 1.82) is 0 Å². The van der Waals surface area contributed by atoms with Gasteiger partial charge in [-0.2, -0.15) is 0 Å². The van der Waals surface area contributed by atoms with Gasteiger partial charge in [0.15, 0.2) is 11.6 Å². The summed E-state index contributed by atoms with van der Waals surface area (Å²) in [7, 11) is 0. The summed E-state index contributed by atoms with van der Waals surface area (Å²) in [6, 6.07) is 4.23. The molecule has 0 radical (unpaired) electrons. The molecule has 0 spiro atoms. The summed E-state index contributed by atoms with van der Waals surface area (Å²) in [5.41, 5.74) is 0.407. The van der Waals surface area contributed by atoms with E-state index in [2.05, 4.69) is 0 Å². The van der Waals surface area contributed by atoms with Crippen LogP contribution in [0.3, 0.4) is 0 Å². The van der Waals surface area contributed by atoms with Crippen molar-refractivity contribution in [3.8, 4) is 0 Å². The lowest BCUT2D eigenvalue weighted by atomic mass is 10.1. The highest BCUT2D eigenvalue weighted by molar-refractivity contribution is 6.20. The van der Waals surface area contributed by atoms with Crippen LogP contribution >= 0.6 is 11.6 Å². The maximum Gasteiger partial charge on any atom is 0.162 e. The summed E-state index contributed by atoms with van der Waals surface area (Å²) >= 11 is 5.89. The molecule has 0 aliphatic rings. The molecule has 0 saturated heterocycles. The standard InChI is InChI=1S/C11H13ClF2/c1-2-9(12)7-6-8-4-3-5-10(13)11(8)14/h3-5,9H,2,6-7H2,1H3. The molecule has 1 rings (SSSR count). The average molecular weight is 219 g/mol. The van der Waals surface area contributed by atoms with Gasteiger partial charge in [-0.15, -0.1) is 11.6 Å². The third kappa shape index (κ3) is 2.95. The van der Waals surface area contributed by atoms with Crippen molar-refractivity contribution < 1.29 is 8.78 Å². The van der Waals surface area contributed by atoms with Crippen molar-refractivity contribution in [3.63, 3.8) is 0 Å². The molecule has 0 bridgehead atoms. The van der Waals surface area contributed by atoms with Gasteiger partial charge in [0, 0.05) is 5.38 Å². The van der Waals surface area contributed by atoms with Crippen LogP contribution in [0.4, 0.5) is 8.78 Å². The molecule has 0 fully saturated rings. The van der Waals surface area contributed by atoms with Crippen molar-refractivity contribution in [2.45, 2.75) is 31.6 Å². The van der Waals surface area contributed by atoms with E-state index in [1.165, 1.54) is 6.07 Å². The Morgan fingerprint density at radius 2 is 2.07 bits per heavy atom. The molecule has 1 aromatic carbocycles. The molecule has 0 heterocycles. The van der Waals surface area contributed by atoms with Crippen molar-refractivity contribution in [1.82, 2.24) is 0 Å². The van der Waals surface area contributed by atoms with Crippen LogP contribution in [0.1, 0.15) is 25.3 Å². The second-order valence-electron chi connectivity index (χ2n) is 3.26. The first kappa shape index (κ1) is 11.4. The average Bonchev–Trinajstić information content (AvgIpc) is 2.20. The van der Waals surface area contributed by atoms with Crippen LogP contribution in [0.15, 0.2) is 18.2 Å². The lowest BCUT2D eigenvalue weighted by Gasteiger charge is -2.07. The number of alkyl halides is 1. The van der Waals surface area contributed by atoms with E-state index < -0.39 is 11.6 Å². The van der Waals surface area contributed by atoms with Crippen LogP contribution in [-0.4, -0.2) is 5.38 Å². The molecule has 0 amide bonds. The van der Waals surface area contributed by atoms with Gasteiger partial charge in [-0.1, -0.05) is 19.1 Å². The van der Waals surface area contributed by atoms with Gasteiger partial charge in [-0.25, -0.2) is 8.78 Å². The van der Waals surface area contributed by atoms with Gasteiger partial charge in [0.2, 0.25) is 0 Å². The van der Waals surface area contributed by atoms with E-state index in [0.717, 1.165) is 12.5 Å². The molecule has 1 atom stereocenters. The van der Waals surface area contributed by atoms with Crippen LogP contribution in [0.2, 0.25) is 0 Å². The molecule has 0 nitrogen and oxygen atoms in total. The molecule has 3 heteroatoms. The lowest BCUT2D eigenvalue weighted by molar-refractivity contribution is 0.496. The van der Waals surface area contributed by atoms with Crippen LogP contribution in [0, 0.1) is 11.6 Å². The number of hydrogen-bond acceptors (Lipinski definition) is 0. The van der Waals surface area contributed by atoms with Gasteiger partial charge in [-0.3, -0.25) is 0 Å². The number of benzene rings is 1. The van der Waals surface area contributed by atoms with Gasteiger partial charge in [0.25, 0.3) is 0 Å². The Bertz CT molecular complexity index is 299. The second-order valence-corrected chi connectivity index (χ2v) is 3.87. The summed E-state index contributed by atoms with van der Waals surface area (Å²) in [5.74, 6) is -1.53. The summed E-state index contributed by atoms with van der Waals surface area (Å²) in [6.45, 7) is 1.97. The maximum atomic E-state index is 13.1. The Labute approximate surface area is 87.9 Å². The van der Waals surface area contributed by atoms with Gasteiger partial charge < -0.3 is 0 Å². The maximum absolute atomic E-state index is 13.1. The minimum absolute atomic E-state index is 0.0395. The third-order valence-electron chi connectivity index (χ3n) is 2.20. The summed E-state index contributed by atoms with van der Waals surface area (Å²) in [4.78, 5) is 0. The minimum Gasteiger partial charge on any atom is -0.204 e. The highest BCUT2D eigenvalue weighted by Crippen LogP contribution is 2.16. The first-order valence-corrected chi connectivity index (χ1v) is 5.15. The van der Waals surface area contributed by atoms with Gasteiger partial charge in [-0.05, 0) is 30.9 Å². The van der Waals surface area contributed by atoms with Crippen LogP contribution < -0.4 is 0 Å². The predicted molar refractivity (Wildman–Crippen MR) is 54.6 cm³/mol. The SMILES string of the molecule is CCC(Cl)CCc1cccc(F)c1F. The number of hydrogen-bond donors (Lipinski definition) is 0. The van der Waals surface area contributed by atoms with Crippen molar-refractivity contribution >= 4 is 11.6 Å². The summed E-state index contributed by atoms with van der Waals surface area (Å²) in [6.07, 6.45) is 2.02. The van der Waals surface area contributed by atoms with Gasteiger partial charge in [0.1, 0.15) is 0 Å². The van der Waals surface area contributed by atoms with Crippen molar-refractivity contribution in [2.24, 2.45) is 0 Å². The Hall–Kier alpha value is -0.630. The van der Waals surface area contributed by atoms with Gasteiger partial charge in [0.05, 0.1) is 0 Å². The van der Waals surface area contributed by atoms with E-state index in [4.69, 9.17) is 11.6 Å². The third-order valence-corrected chi connectivity index (χ3v) is 2.73.